The van der Waals surface area contributed by atoms with Crippen LogP contribution in [0.15, 0.2) is 54.9 Å². The monoisotopic (exact) mass is 449 g/mol. The van der Waals surface area contributed by atoms with Gasteiger partial charge in [-0.05, 0) is 48.9 Å². The number of rotatable bonds is 7. The number of methoxy groups -OCH3 is 1. The number of anilines is 1. The number of ether oxygens (including phenoxy) is 1. The van der Waals surface area contributed by atoms with Crippen molar-refractivity contribution in [1.29, 1.82) is 0 Å². The summed E-state index contributed by atoms with van der Waals surface area (Å²) in [4.78, 5) is 32.4. The predicted octanol–water partition coefficient (Wildman–Crippen LogP) is 2.19. The first-order chi connectivity index (χ1) is 15.9. The maximum absolute atomic E-state index is 12.9. The van der Waals surface area contributed by atoms with E-state index in [0.717, 1.165) is 11.3 Å². The number of aromatic nitrogens is 3. The largest absolute Gasteiger partial charge is 0.497 e. The molecule has 1 aliphatic rings. The van der Waals surface area contributed by atoms with Crippen LogP contribution in [0.25, 0.3) is 0 Å². The summed E-state index contributed by atoms with van der Waals surface area (Å²) in [6.45, 7) is 4.21. The summed E-state index contributed by atoms with van der Waals surface area (Å²) in [7, 11) is 1.59. The average Bonchev–Trinajstić information content (AvgIpc) is 3.32. The fraction of sp³-hybridized carbons (Fsp3) is 0.333. The van der Waals surface area contributed by atoms with E-state index in [9.17, 15) is 14.7 Å². The highest BCUT2D eigenvalue weighted by molar-refractivity contribution is 5.94. The van der Waals surface area contributed by atoms with E-state index in [0.29, 0.717) is 37.5 Å². The molecule has 1 aromatic heterocycles. The minimum absolute atomic E-state index is 0.0421. The lowest BCUT2D eigenvalue weighted by molar-refractivity contribution is 0.0732. The second-order valence-corrected chi connectivity index (χ2v) is 7.96. The van der Waals surface area contributed by atoms with Gasteiger partial charge in [-0.15, -0.1) is 5.10 Å². The number of hydrogen-bond donors (Lipinski definition) is 1. The molecule has 1 N–H and O–H groups in total. The smallest absolute Gasteiger partial charge is 0.293 e. The molecular weight excluding hydrogens is 422 g/mol. The van der Waals surface area contributed by atoms with E-state index in [-0.39, 0.29) is 24.1 Å². The van der Waals surface area contributed by atoms with Crippen LogP contribution in [0.3, 0.4) is 0 Å². The molecule has 0 spiro atoms. The Morgan fingerprint density at radius 2 is 1.70 bits per heavy atom. The SMILES string of the molecule is COc1ccc(C(O)Cn2cnc(C(=O)N3CCN(c4ccc(C(C)=O)cc4)CC3)n2)cc1. The van der Waals surface area contributed by atoms with Crippen LogP contribution in [-0.4, -0.2) is 69.8 Å². The van der Waals surface area contributed by atoms with Crippen molar-refractivity contribution >= 4 is 17.4 Å². The van der Waals surface area contributed by atoms with Crippen molar-refractivity contribution in [2.24, 2.45) is 0 Å². The maximum atomic E-state index is 12.9. The molecule has 0 bridgehead atoms. The van der Waals surface area contributed by atoms with Gasteiger partial charge in [0.15, 0.2) is 5.78 Å². The molecule has 1 aliphatic heterocycles. The molecule has 2 heterocycles. The molecule has 9 heteroatoms. The number of aliphatic hydroxyl groups is 1. The van der Waals surface area contributed by atoms with Crippen LogP contribution in [0.1, 0.15) is 39.6 Å². The zero-order valence-electron chi connectivity index (χ0n) is 18.7. The third kappa shape index (κ3) is 5.20. The first kappa shape index (κ1) is 22.5. The van der Waals surface area contributed by atoms with Crippen molar-refractivity contribution in [3.63, 3.8) is 0 Å². The molecule has 33 heavy (non-hydrogen) atoms. The Balaban J connectivity index is 1.32. The van der Waals surface area contributed by atoms with Gasteiger partial charge in [0, 0.05) is 37.4 Å². The molecule has 3 aromatic rings. The predicted molar refractivity (Wildman–Crippen MR) is 123 cm³/mol. The van der Waals surface area contributed by atoms with Gasteiger partial charge in [-0.3, -0.25) is 9.59 Å². The number of amides is 1. The van der Waals surface area contributed by atoms with Crippen molar-refractivity contribution in [3.05, 3.63) is 71.8 Å². The number of aliphatic hydroxyl groups excluding tert-OH is 1. The summed E-state index contributed by atoms with van der Waals surface area (Å²) in [6, 6.07) is 14.7. The summed E-state index contributed by atoms with van der Waals surface area (Å²) >= 11 is 0. The molecule has 1 fully saturated rings. The molecule has 1 amide bonds. The summed E-state index contributed by atoms with van der Waals surface area (Å²) in [5, 5.41) is 14.7. The zero-order valence-corrected chi connectivity index (χ0v) is 18.7. The summed E-state index contributed by atoms with van der Waals surface area (Å²) in [5.41, 5.74) is 2.44. The van der Waals surface area contributed by atoms with E-state index in [2.05, 4.69) is 15.0 Å². The molecule has 2 aromatic carbocycles. The van der Waals surface area contributed by atoms with Gasteiger partial charge in [0.05, 0.1) is 19.8 Å². The molecule has 0 radical (unpaired) electrons. The number of hydrogen-bond acceptors (Lipinski definition) is 7. The van der Waals surface area contributed by atoms with Crippen LogP contribution in [-0.2, 0) is 6.54 Å². The lowest BCUT2D eigenvalue weighted by atomic mass is 10.1. The molecular formula is C24H27N5O4. The lowest BCUT2D eigenvalue weighted by Crippen LogP contribution is -2.49. The van der Waals surface area contributed by atoms with Crippen LogP contribution >= 0.6 is 0 Å². The number of ketones is 1. The van der Waals surface area contributed by atoms with Crippen molar-refractivity contribution < 1.29 is 19.4 Å². The fourth-order valence-electron chi connectivity index (χ4n) is 3.81. The topological polar surface area (TPSA) is 101 Å². The van der Waals surface area contributed by atoms with Crippen LogP contribution in [0.4, 0.5) is 5.69 Å². The summed E-state index contributed by atoms with van der Waals surface area (Å²) < 4.78 is 6.61. The maximum Gasteiger partial charge on any atom is 0.293 e. The van der Waals surface area contributed by atoms with E-state index >= 15 is 0 Å². The fourth-order valence-corrected chi connectivity index (χ4v) is 3.81. The molecule has 1 unspecified atom stereocenters. The van der Waals surface area contributed by atoms with Crippen molar-refractivity contribution in [2.75, 3.05) is 38.2 Å². The zero-order chi connectivity index (χ0) is 23.4. The van der Waals surface area contributed by atoms with E-state index in [1.165, 1.54) is 11.0 Å². The normalized spacial score (nSPS) is 14.8. The van der Waals surface area contributed by atoms with Crippen LogP contribution in [0.5, 0.6) is 5.75 Å². The van der Waals surface area contributed by atoms with E-state index in [4.69, 9.17) is 4.74 Å². The molecule has 1 atom stereocenters. The van der Waals surface area contributed by atoms with E-state index < -0.39 is 6.10 Å². The van der Waals surface area contributed by atoms with Crippen molar-refractivity contribution in [2.45, 2.75) is 19.6 Å². The molecule has 172 valence electrons. The van der Waals surface area contributed by atoms with E-state index in [1.54, 1.807) is 43.2 Å². The second-order valence-electron chi connectivity index (χ2n) is 7.96. The number of piperazine rings is 1. The highest BCUT2D eigenvalue weighted by Crippen LogP contribution is 2.20. The third-order valence-corrected chi connectivity index (χ3v) is 5.79. The Labute approximate surface area is 192 Å². The standard InChI is InChI=1S/C24H27N5O4/c1-17(30)18-3-7-20(8-4-18)27-11-13-28(14-12-27)24(32)23-25-16-29(26-23)15-22(31)19-5-9-21(33-2)10-6-19/h3-10,16,22,31H,11-15H2,1-2H3. The second kappa shape index (κ2) is 9.83. The average molecular weight is 450 g/mol. The van der Waals surface area contributed by atoms with Gasteiger partial charge in [-0.25, -0.2) is 9.67 Å². The van der Waals surface area contributed by atoms with Gasteiger partial charge in [0.25, 0.3) is 5.91 Å². The number of benzene rings is 2. The Morgan fingerprint density at radius 3 is 2.30 bits per heavy atom. The number of carbonyl (C=O) groups is 2. The molecule has 0 aliphatic carbocycles. The summed E-state index contributed by atoms with van der Waals surface area (Å²) in [6.07, 6.45) is 0.686. The third-order valence-electron chi connectivity index (χ3n) is 5.79. The Kier molecular flexibility index (Phi) is 6.69. The van der Waals surface area contributed by atoms with Gasteiger partial charge in [0.2, 0.25) is 5.82 Å². The molecule has 9 nitrogen and oxygen atoms in total. The molecule has 1 saturated heterocycles. The number of carbonyl (C=O) groups excluding carboxylic acids is 2. The number of nitrogens with zero attached hydrogens (tertiary/aromatic N) is 5. The van der Waals surface area contributed by atoms with Gasteiger partial charge < -0.3 is 19.6 Å². The quantitative estimate of drug-likeness (QED) is 0.552. The first-order valence-electron chi connectivity index (χ1n) is 10.8. The Morgan fingerprint density at radius 1 is 1.03 bits per heavy atom. The highest BCUT2D eigenvalue weighted by atomic mass is 16.5. The van der Waals surface area contributed by atoms with E-state index in [1.807, 2.05) is 24.3 Å². The van der Waals surface area contributed by atoms with Crippen LogP contribution in [0.2, 0.25) is 0 Å². The van der Waals surface area contributed by atoms with Gasteiger partial charge >= 0.3 is 0 Å². The van der Waals surface area contributed by atoms with Gasteiger partial charge in [-0.1, -0.05) is 12.1 Å². The summed E-state index contributed by atoms with van der Waals surface area (Å²) in [5.74, 6) is 0.656. The van der Waals surface area contributed by atoms with Crippen molar-refractivity contribution in [3.8, 4) is 5.75 Å². The van der Waals surface area contributed by atoms with Gasteiger partial charge in [0.1, 0.15) is 12.1 Å². The van der Waals surface area contributed by atoms with Crippen LogP contribution in [0, 0.1) is 0 Å². The van der Waals surface area contributed by atoms with Crippen molar-refractivity contribution in [1.82, 2.24) is 19.7 Å². The minimum Gasteiger partial charge on any atom is -0.497 e. The van der Waals surface area contributed by atoms with Gasteiger partial charge in [-0.2, -0.15) is 0 Å². The first-order valence-corrected chi connectivity index (χ1v) is 10.8. The highest BCUT2D eigenvalue weighted by Gasteiger charge is 2.25. The minimum atomic E-state index is -0.779. The molecule has 4 rings (SSSR count). The van der Waals surface area contributed by atoms with Crippen LogP contribution < -0.4 is 9.64 Å². The Bertz CT molecular complexity index is 1100. The number of Topliss-reactive ketones (excluding diaryl/α,β-unsaturated/α-hetero) is 1. The molecule has 0 saturated carbocycles. The Hall–Kier alpha value is -3.72. The lowest BCUT2D eigenvalue weighted by Gasteiger charge is -2.35.